The van der Waals surface area contributed by atoms with Crippen molar-refractivity contribution in [3.63, 3.8) is 0 Å². The Balaban J connectivity index is 1.15. The molecule has 5 heteroatoms. The lowest BCUT2D eigenvalue weighted by Gasteiger charge is -2.56. The Morgan fingerprint density at radius 3 is 2.29 bits per heavy atom. The average molecular weight is 473 g/mol. The number of fused-ring (bicyclic) bond motifs is 2. The van der Waals surface area contributed by atoms with Crippen LogP contribution in [0.25, 0.3) is 0 Å². The molecule has 5 nitrogen and oxygen atoms in total. The van der Waals surface area contributed by atoms with Crippen molar-refractivity contribution in [2.75, 3.05) is 0 Å². The second kappa shape index (κ2) is 8.33. The molecule has 0 atom stereocenters. The highest BCUT2D eigenvalue weighted by atomic mass is 16.5. The van der Waals surface area contributed by atoms with Gasteiger partial charge in [0.1, 0.15) is 12.4 Å². The largest absolute Gasteiger partial charge is 0.456 e. The maximum atomic E-state index is 13.3. The fourth-order valence-electron chi connectivity index (χ4n) is 8.29. The van der Waals surface area contributed by atoms with Crippen LogP contribution >= 0.6 is 0 Å². The zero-order valence-corrected chi connectivity index (χ0v) is 20.5. The summed E-state index contributed by atoms with van der Waals surface area (Å²) in [4.78, 5) is 21.8. The zero-order valence-electron chi connectivity index (χ0n) is 20.5. The number of hydrogen-bond acceptors (Lipinski definition) is 4. The molecule has 7 aliphatic rings. The van der Waals surface area contributed by atoms with Gasteiger partial charge in [-0.1, -0.05) is 42.5 Å². The van der Waals surface area contributed by atoms with Crippen LogP contribution in [0.1, 0.15) is 91.8 Å². The highest BCUT2D eigenvalue weighted by Gasteiger charge is 2.52. The number of carbonyl (C=O) groups is 1. The summed E-state index contributed by atoms with van der Waals surface area (Å²) >= 11 is 0. The fourth-order valence-corrected chi connectivity index (χ4v) is 8.29. The minimum absolute atomic E-state index is 0.00762. The minimum atomic E-state index is -0.356. The summed E-state index contributed by atoms with van der Waals surface area (Å²) in [6.07, 6.45) is 17.0. The summed E-state index contributed by atoms with van der Waals surface area (Å²) in [6, 6.07) is 9.85. The molecular formula is C30H36N2O3. The van der Waals surface area contributed by atoms with Crippen LogP contribution in [0, 0.1) is 23.7 Å². The van der Waals surface area contributed by atoms with Gasteiger partial charge < -0.3 is 14.5 Å². The molecule has 6 bridgehead atoms. The van der Waals surface area contributed by atoms with Crippen LogP contribution in [0.15, 0.2) is 42.5 Å². The second-order valence-electron chi connectivity index (χ2n) is 12.2. The van der Waals surface area contributed by atoms with E-state index in [-0.39, 0.29) is 23.6 Å². The Morgan fingerprint density at radius 1 is 0.971 bits per heavy atom. The van der Waals surface area contributed by atoms with E-state index in [0.29, 0.717) is 18.2 Å². The van der Waals surface area contributed by atoms with Gasteiger partial charge in [-0.3, -0.25) is 0 Å². The average Bonchev–Trinajstić information content (AvgIpc) is 3.33. The van der Waals surface area contributed by atoms with Gasteiger partial charge in [-0.25, -0.2) is 9.78 Å². The summed E-state index contributed by atoms with van der Waals surface area (Å²) in [5, 5.41) is 0. The number of esters is 1. The quantitative estimate of drug-likeness (QED) is 0.382. The summed E-state index contributed by atoms with van der Waals surface area (Å²) in [7, 11) is 0. The van der Waals surface area contributed by atoms with E-state index in [2.05, 4.69) is 17.1 Å². The summed E-state index contributed by atoms with van der Waals surface area (Å²) in [5.74, 6) is 3.76. The predicted molar refractivity (Wildman–Crippen MR) is 133 cm³/mol. The topological polar surface area (TPSA) is 64.2 Å². The lowest BCUT2D eigenvalue weighted by molar-refractivity contribution is -0.169. The molecule has 184 valence electrons. The molecule has 2 aromatic rings. The number of aromatic amines is 1. The minimum Gasteiger partial charge on any atom is -0.456 e. The first kappa shape index (κ1) is 21.8. The molecule has 0 amide bonds. The normalized spacial score (nSPS) is 36.6. The number of nitrogens with zero attached hydrogens (tertiary/aromatic N) is 1. The van der Waals surface area contributed by atoms with Gasteiger partial charge in [-0.2, -0.15) is 0 Å². The molecule has 1 aromatic heterocycles. The molecule has 7 aliphatic carbocycles. The van der Waals surface area contributed by atoms with Crippen molar-refractivity contribution in [1.82, 2.24) is 9.97 Å². The number of imidazole rings is 1. The molecule has 0 spiro atoms. The third kappa shape index (κ3) is 3.96. The van der Waals surface area contributed by atoms with Crippen LogP contribution in [0.3, 0.4) is 0 Å². The van der Waals surface area contributed by atoms with E-state index < -0.39 is 0 Å². The molecular weight excluding hydrogens is 436 g/mol. The molecule has 5 saturated carbocycles. The van der Waals surface area contributed by atoms with Gasteiger partial charge in [0.2, 0.25) is 0 Å². The standard InChI is InChI=1S/C30H36N2O3/c33-27(34-18-21-4-2-1-3-5-21)26-25(31-28(32-26)29-9-6-20(7-10-29)8-11-29)19-35-30-15-22-12-23(16-30)14-24(13-22)17-30/h1-6,9,20,22-24H,7-8,10-19H2,(H,31,32). The van der Waals surface area contributed by atoms with Gasteiger partial charge in [0.15, 0.2) is 5.69 Å². The van der Waals surface area contributed by atoms with Crippen molar-refractivity contribution in [3.05, 3.63) is 65.3 Å². The van der Waals surface area contributed by atoms with E-state index in [1.54, 1.807) is 0 Å². The Hall–Kier alpha value is -2.40. The molecule has 1 N–H and O–H groups in total. The molecule has 9 rings (SSSR count). The van der Waals surface area contributed by atoms with E-state index >= 15 is 0 Å². The number of nitrogens with one attached hydrogen (secondary N) is 1. The first-order valence-corrected chi connectivity index (χ1v) is 13.7. The second-order valence-corrected chi connectivity index (χ2v) is 12.2. The molecule has 35 heavy (non-hydrogen) atoms. The molecule has 0 radical (unpaired) electrons. The van der Waals surface area contributed by atoms with Crippen molar-refractivity contribution in [1.29, 1.82) is 0 Å². The van der Waals surface area contributed by atoms with Crippen LogP contribution in [0.2, 0.25) is 0 Å². The fraction of sp³-hybridized carbons (Fsp3) is 0.600. The van der Waals surface area contributed by atoms with E-state index in [9.17, 15) is 4.79 Å². The van der Waals surface area contributed by atoms with Crippen molar-refractivity contribution in [2.45, 2.75) is 88.4 Å². The number of hydrogen-bond donors (Lipinski definition) is 1. The van der Waals surface area contributed by atoms with Gasteiger partial charge >= 0.3 is 5.97 Å². The van der Waals surface area contributed by atoms with Gasteiger partial charge in [0, 0.05) is 5.41 Å². The van der Waals surface area contributed by atoms with E-state index in [0.717, 1.165) is 47.7 Å². The van der Waals surface area contributed by atoms with Crippen LogP contribution < -0.4 is 0 Å². The van der Waals surface area contributed by atoms with Crippen LogP contribution in [-0.2, 0) is 28.1 Å². The van der Waals surface area contributed by atoms with Crippen LogP contribution in [0.4, 0.5) is 0 Å². The van der Waals surface area contributed by atoms with Crippen LogP contribution in [0.5, 0.6) is 0 Å². The summed E-state index contributed by atoms with van der Waals surface area (Å²) in [5.41, 5.74) is 2.10. The number of aromatic nitrogens is 2. The first-order chi connectivity index (χ1) is 17.1. The third-order valence-corrected chi connectivity index (χ3v) is 9.77. The van der Waals surface area contributed by atoms with E-state index in [4.69, 9.17) is 14.5 Å². The maximum absolute atomic E-state index is 13.3. The van der Waals surface area contributed by atoms with Gasteiger partial charge in [-0.15, -0.1) is 0 Å². The Morgan fingerprint density at radius 2 is 1.66 bits per heavy atom. The van der Waals surface area contributed by atoms with Crippen molar-refractivity contribution < 1.29 is 14.3 Å². The monoisotopic (exact) mass is 472 g/mol. The van der Waals surface area contributed by atoms with E-state index in [1.807, 2.05) is 30.3 Å². The number of allylic oxidation sites excluding steroid dienone is 2. The maximum Gasteiger partial charge on any atom is 0.359 e. The lowest BCUT2D eigenvalue weighted by atomic mass is 9.54. The highest BCUT2D eigenvalue weighted by molar-refractivity contribution is 5.88. The van der Waals surface area contributed by atoms with Gasteiger partial charge in [-0.05, 0) is 93.4 Å². The third-order valence-electron chi connectivity index (χ3n) is 9.77. The SMILES string of the molecule is O=C(OCc1ccccc1)c1nc(C23C=CC(CC2)CC3)[nH]c1COC12CC3CC(CC(C3)C1)C2. The zero-order chi connectivity index (χ0) is 23.5. The van der Waals surface area contributed by atoms with Crippen molar-refractivity contribution >= 4 is 5.97 Å². The first-order valence-electron chi connectivity index (χ1n) is 13.7. The smallest absolute Gasteiger partial charge is 0.359 e. The molecule has 1 heterocycles. The number of rotatable bonds is 7. The predicted octanol–water partition coefficient (Wildman–Crippen LogP) is 6.25. The van der Waals surface area contributed by atoms with Gasteiger partial charge in [0.05, 0.1) is 17.9 Å². The number of benzene rings is 1. The highest BCUT2D eigenvalue weighted by Crippen LogP contribution is 2.57. The Kier molecular flexibility index (Phi) is 5.20. The molecule has 5 fully saturated rings. The lowest BCUT2D eigenvalue weighted by Crippen LogP contribution is -2.51. The molecule has 0 unspecified atom stereocenters. The Bertz CT molecular complexity index is 1090. The number of H-pyrrole nitrogens is 1. The van der Waals surface area contributed by atoms with Crippen LogP contribution in [-0.4, -0.2) is 21.5 Å². The van der Waals surface area contributed by atoms with Crippen molar-refractivity contribution in [3.8, 4) is 0 Å². The molecule has 0 aliphatic heterocycles. The number of ether oxygens (including phenoxy) is 2. The van der Waals surface area contributed by atoms with Crippen molar-refractivity contribution in [2.24, 2.45) is 23.7 Å². The molecule has 0 saturated heterocycles. The van der Waals surface area contributed by atoms with E-state index in [1.165, 1.54) is 51.4 Å². The summed E-state index contributed by atoms with van der Waals surface area (Å²) < 4.78 is 12.5. The number of carbonyl (C=O) groups excluding carboxylic acids is 1. The van der Waals surface area contributed by atoms with Gasteiger partial charge in [0.25, 0.3) is 0 Å². The summed E-state index contributed by atoms with van der Waals surface area (Å²) in [6.45, 7) is 0.668. The Labute approximate surface area is 207 Å². The molecule has 1 aromatic carbocycles.